The van der Waals surface area contributed by atoms with Gasteiger partial charge in [-0.25, -0.2) is 0 Å². The van der Waals surface area contributed by atoms with Gasteiger partial charge in [-0.2, -0.15) is 0 Å². The quantitative estimate of drug-likeness (QED) is 0.835. The number of carbonyl (C=O) groups excluding carboxylic acids is 2. The molecule has 2 amide bonds. The molecule has 1 N–H and O–H groups in total. The molecule has 0 aromatic heterocycles. The zero-order chi connectivity index (χ0) is 19.1. The average Bonchev–Trinajstić information content (AvgIpc) is 2.73. The van der Waals surface area contributed by atoms with Gasteiger partial charge in [0.25, 0.3) is 0 Å². The fraction of sp³-hybridized carbons (Fsp3) is 0.636. The van der Waals surface area contributed by atoms with E-state index >= 15 is 0 Å². The number of rotatable bonds is 6. The van der Waals surface area contributed by atoms with Gasteiger partial charge in [-0.1, -0.05) is 43.7 Å². The van der Waals surface area contributed by atoms with E-state index in [1.807, 2.05) is 23.1 Å². The lowest BCUT2D eigenvalue weighted by atomic mass is 9.72. The second-order valence-electron chi connectivity index (χ2n) is 7.80. The number of amides is 2. The number of unbranched alkanes of at least 4 members (excludes halogenated alkanes) is 1. The van der Waals surface area contributed by atoms with E-state index in [0.29, 0.717) is 32.7 Å². The number of piperidine rings is 1. The molecule has 3 rings (SSSR count). The molecule has 27 heavy (non-hydrogen) atoms. The summed E-state index contributed by atoms with van der Waals surface area (Å²) in [6, 6.07) is 10.4. The Morgan fingerprint density at radius 3 is 2.44 bits per heavy atom. The molecule has 0 atom stereocenters. The van der Waals surface area contributed by atoms with E-state index in [4.69, 9.17) is 4.74 Å². The van der Waals surface area contributed by atoms with Gasteiger partial charge in [-0.15, -0.1) is 0 Å². The fourth-order valence-electron chi connectivity index (χ4n) is 4.27. The third kappa shape index (κ3) is 4.70. The van der Waals surface area contributed by atoms with Crippen LogP contribution in [-0.2, 0) is 19.7 Å². The number of nitrogens with one attached hydrogen (secondary N) is 1. The molecule has 0 bridgehead atoms. The van der Waals surface area contributed by atoms with Gasteiger partial charge in [0.05, 0.1) is 5.41 Å². The van der Waals surface area contributed by atoms with Crippen molar-refractivity contribution < 1.29 is 14.3 Å². The van der Waals surface area contributed by atoms with Crippen molar-refractivity contribution in [1.29, 1.82) is 0 Å². The van der Waals surface area contributed by atoms with E-state index in [1.165, 1.54) is 0 Å². The van der Waals surface area contributed by atoms with E-state index in [-0.39, 0.29) is 17.9 Å². The van der Waals surface area contributed by atoms with E-state index in [1.54, 1.807) is 0 Å². The fourth-order valence-corrected chi connectivity index (χ4v) is 4.27. The summed E-state index contributed by atoms with van der Waals surface area (Å²) in [5.41, 5.74) is 0.643. The Morgan fingerprint density at radius 1 is 1.15 bits per heavy atom. The van der Waals surface area contributed by atoms with Crippen LogP contribution in [0.1, 0.15) is 57.4 Å². The minimum Gasteiger partial charge on any atom is -0.381 e. The number of nitrogens with zero attached hydrogens (tertiary/aromatic N) is 1. The van der Waals surface area contributed by atoms with Gasteiger partial charge in [0.15, 0.2) is 0 Å². The third-order valence-corrected chi connectivity index (χ3v) is 5.99. The van der Waals surface area contributed by atoms with Crippen LogP contribution in [-0.4, -0.2) is 49.1 Å². The van der Waals surface area contributed by atoms with E-state index in [2.05, 4.69) is 24.4 Å². The minimum absolute atomic E-state index is 0.145. The Hall–Kier alpha value is -1.88. The summed E-state index contributed by atoms with van der Waals surface area (Å²) in [7, 11) is 0. The Labute approximate surface area is 162 Å². The van der Waals surface area contributed by atoms with Gasteiger partial charge < -0.3 is 15.0 Å². The van der Waals surface area contributed by atoms with E-state index < -0.39 is 5.41 Å². The summed E-state index contributed by atoms with van der Waals surface area (Å²) < 4.78 is 5.56. The highest BCUT2D eigenvalue weighted by Gasteiger charge is 2.44. The molecular weight excluding hydrogens is 340 g/mol. The largest absolute Gasteiger partial charge is 0.381 e. The first-order valence-corrected chi connectivity index (χ1v) is 10.4. The summed E-state index contributed by atoms with van der Waals surface area (Å²) in [4.78, 5) is 27.5. The predicted molar refractivity (Wildman–Crippen MR) is 105 cm³/mol. The van der Waals surface area contributed by atoms with Crippen LogP contribution in [0.5, 0.6) is 0 Å². The molecule has 0 saturated carbocycles. The van der Waals surface area contributed by atoms with E-state index in [9.17, 15) is 9.59 Å². The standard InChI is InChI=1S/C22H32N2O3/c1-2-3-9-20(25)23-19-10-14-24(15-11-19)21(26)22(12-16-27-17-13-22)18-7-5-4-6-8-18/h4-8,19H,2-3,9-17H2,1H3,(H,23,25). The van der Waals surface area contributed by atoms with Gasteiger partial charge in [0, 0.05) is 38.8 Å². The number of ether oxygens (including phenoxy) is 1. The molecule has 0 unspecified atom stereocenters. The summed E-state index contributed by atoms with van der Waals surface area (Å²) in [6.07, 6.45) is 5.73. The molecule has 2 aliphatic heterocycles. The Bertz CT molecular complexity index is 618. The first kappa shape index (κ1) is 19.9. The van der Waals surface area contributed by atoms with Crippen LogP contribution in [0.4, 0.5) is 0 Å². The molecule has 1 aromatic rings. The summed E-state index contributed by atoms with van der Waals surface area (Å²) in [5, 5.41) is 3.14. The molecule has 0 aliphatic carbocycles. The molecule has 2 aliphatic rings. The first-order chi connectivity index (χ1) is 13.2. The highest BCUT2D eigenvalue weighted by molar-refractivity contribution is 5.88. The van der Waals surface area contributed by atoms with Crippen LogP contribution >= 0.6 is 0 Å². The Morgan fingerprint density at radius 2 is 1.81 bits per heavy atom. The van der Waals surface area contributed by atoms with Crippen LogP contribution in [0.3, 0.4) is 0 Å². The van der Waals surface area contributed by atoms with Crippen molar-refractivity contribution in [3.8, 4) is 0 Å². The smallest absolute Gasteiger partial charge is 0.233 e. The van der Waals surface area contributed by atoms with Gasteiger partial charge in [-0.3, -0.25) is 9.59 Å². The van der Waals surface area contributed by atoms with Crippen molar-refractivity contribution in [2.24, 2.45) is 0 Å². The maximum Gasteiger partial charge on any atom is 0.233 e. The maximum atomic E-state index is 13.5. The normalized spacial score (nSPS) is 20.3. The number of hydrogen-bond acceptors (Lipinski definition) is 3. The van der Waals surface area contributed by atoms with E-state index in [0.717, 1.165) is 44.1 Å². The molecule has 2 heterocycles. The van der Waals surface area contributed by atoms with Gasteiger partial charge in [0.1, 0.15) is 0 Å². The molecule has 0 radical (unpaired) electrons. The molecule has 5 heteroatoms. The molecular formula is C22H32N2O3. The van der Waals surface area contributed by atoms with Crippen molar-refractivity contribution in [3.05, 3.63) is 35.9 Å². The van der Waals surface area contributed by atoms with Gasteiger partial charge >= 0.3 is 0 Å². The zero-order valence-electron chi connectivity index (χ0n) is 16.4. The summed E-state index contributed by atoms with van der Waals surface area (Å²) in [5.74, 6) is 0.375. The maximum absolute atomic E-state index is 13.5. The van der Waals surface area contributed by atoms with Crippen LogP contribution in [0.25, 0.3) is 0 Å². The monoisotopic (exact) mass is 372 g/mol. The molecule has 5 nitrogen and oxygen atoms in total. The second kappa shape index (κ2) is 9.36. The van der Waals surface area contributed by atoms with Crippen molar-refractivity contribution in [2.75, 3.05) is 26.3 Å². The van der Waals surface area contributed by atoms with Crippen molar-refractivity contribution >= 4 is 11.8 Å². The lowest BCUT2D eigenvalue weighted by Crippen LogP contribution is -2.54. The molecule has 2 fully saturated rings. The van der Waals surface area contributed by atoms with Crippen LogP contribution in [0, 0.1) is 0 Å². The number of carbonyl (C=O) groups is 2. The predicted octanol–water partition coefficient (Wildman–Crippen LogP) is 3.03. The highest BCUT2D eigenvalue weighted by Crippen LogP contribution is 2.37. The molecule has 1 aromatic carbocycles. The highest BCUT2D eigenvalue weighted by atomic mass is 16.5. The number of hydrogen-bond donors (Lipinski definition) is 1. The van der Waals surface area contributed by atoms with Crippen molar-refractivity contribution in [2.45, 2.75) is 63.3 Å². The minimum atomic E-state index is -0.462. The summed E-state index contributed by atoms with van der Waals surface area (Å²) in [6.45, 7) is 4.78. The van der Waals surface area contributed by atoms with Gasteiger partial charge in [-0.05, 0) is 37.7 Å². The van der Waals surface area contributed by atoms with Crippen molar-refractivity contribution in [1.82, 2.24) is 10.2 Å². The molecule has 148 valence electrons. The lowest BCUT2D eigenvalue weighted by molar-refractivity contribution is -0.142. The van der Waals surface area contributed by atoms with Crippen LogP contribution < -0.4 is 5.32 Å². The topological polar surface area (TPSA) is 58.6 Å². The SMILES string of the molecule is CCCCC(=O)NC1CCN(C(=O)C2(c3ccccc3)CCOCC2)CC1. The van der Waals surface area contributed by atoms with Crippen molar-refractivity contribution in [3.63, 3.8) is 0 Å². The molecule has 2 saturated heterocycles. The summed E-state index contributed by atoms with van der Waals surface area (Å²) >= 11 is 0. The molecule has 0 spiro atoms. The number of likely N-dealkylation sites (tertiary alicyclic amines) is 1. The van der Waals surface area contributed by atoms with Crippen LogP contribution in [0.2, 0.25) is 0 Å². The lowest BCUT2D eigenvalue weighted by Gasteiger charge is -2.42. The second-order valence-corrected chi connectivity index (χ2v) is 7.80. The van der Waals surface area contributed by atoms with Crippen LogP contribution in [0.15, 0.2) is 30.3 Å². The number of benzene rings is 1. The Balaban J connectivity index is 1.62. The average molecular weight is 373 g/mol. The first-order valence-electron chi connectivity index (χ1n) is 10.4. The Kier molecular flexibility index (Phi) is 6.89. The van der Waals surface area contributed by atoms with Gasteiger partial charge in [0.2, 0.25) is 11.8 Å². The third-order valence-electron chi connectivity index (χ3n) is 5.99. The zero-order valence-corrected chi connectivity index (χ0v) is 16.4.